The van der Waals surface area contributed by atoms with Gasteiger partial charge in [-0.25, -0.2) is 0 Å². The largest absolute Gasteiger partial charge is 0.353 e. The maximum atomic E-state index is 12.9. The number of fused-ring (bicyclic) bond motifs is 1. The number of anilines is 1. The normalized spacial score (nSPS) is 20.0. The molecular weight excluding hydrogens is 324 g/mol. The zero-order chi connectivity index (χ0) is 17.9. The highest BCUT2D eigenvalue weighted by atomic mass is 16.2. The maximum absolute atomic E-state index is 12.9. The summed E-state index contributed by atoms with van der Waals surface area (Å²) < 4.78 is 0. The molecule has 26 heavy (non-hydrogen) atoms. The molecule has 0 radical (unpaired) electrons. The van der Waals surface area contributed by atoms with Gasteiger partial charge < -0.3 is 9.80 Å². The molecule has 1 aromatic heterocycles. The van der Waals surface area contributed by atoms with Crippen molar-refractivity contribution in [1.82, 2.24) is 15.1 Å². The highest BCUT2D eigenvalue weighted by molar-refractivity contribution is 5.77. The lowest BCUT2D eigenvalue weighted by atomic mass is 9.97. The Morgan fingerprint density at radius 3 is 2.81 bits per heavy atom. The van der Waals surface area contributed by atoms with Gasteiger partial charge in [0, 0.05) is 32.6 Å². The number of carbonyl (C=O) groups is 1. The van der Waals surface area contributed by atoms with E-state index in [4.69, 9.17) is 0 Å². The van der Waals surface area contributed by atoms with Crippen molar-refractivity contribution in [1.29, 1.82) is 0 Å². The summed E-state index contributed by atoms with van der Waals surface area (Å²) in [5, 5.41) is 8.45. The van der Waals surface area contributed by atoms with Gasteiger partial charge in [-0.3, -0.25) is 4.79 Å². The van der Waals surface area contributed by atoms with Gasteiger partial charge in [-0.05, 0) is 55.4 Å². The van der Waals surface area contributed by atoms with Crippen LogP contribution in [0.5, 0.6) is 0 Å². The SMILES string of the molecule is Cc1ccc(N2CCCN(C(=O)CC3CCc4ccccc43)CC2)nn1. The molecule has 4 rings (SSSR count). The minimum atomic E-state index is 0.295. The molecule has 2 aromatic rings. The summed E-state index contributed by atoms with van der Waals surface area (Å²) in [4.78, 5) is 17.2. The number of nitrogens with zero attached hydrogens (tertiary/aromatic N) is 4. The number of hydrogen-bond acceptors (Lipinski definition) is 4. The minimum absolute atomic E-state index is 0.295. The Balaban J connectivity index is 1.37. The average Bonchev–Trinajstić information content (AvgIpc) is 2.89. The van der Waals surface area contributed by atoms with Crippen LogP contribution in [0.15, 0.2) is 36.4 Å². The van der Waals surface area contributed by atoms with Crippen LogP contribution in [0.25, 0.3) is 0 Å². The van der Waals surface area contributed by atoms with Crippen LogP contribution in [0, 0.1) is 6.92 Å². The van der Waals surface area contributed by atoms with Crippen molar-refractivity contribution in [2.45, 2.75) is 38.5 Å². The molecule has 0 bridgehead atoms. The van der Waals surface area contributed by atoms with Crippen LogP contribution in [0.1, 0.15) is 42.0 Å². The van der Waals surface area contributed by atoms with Gasteiger partial charge in [-0.2, -0.15) is 5.10 Å². The average molecular weight is 350 g/mol. The topological polar surface area (TPSA) is 49.3 Å². The van der Waals surface area contributed by atoms with Crippen LogP contribution < -0.4 is 4.90 Å². The van der Waals surface area contributed by atoms with Crippen LogP contribution in [0.3, 0.4) is 0 Å². The van der Waals surface area contributed by atoms with Crippen LogP contribution in [-0.4, -0.2) is 47.2 Å². The molecule has 1 atom stereocenters. The van der Waals surface area contributed by atoms with E-state index in [9.17, 15) is 4.79 Å². The number of aryl methyl sites for hydroxylation is 2. The quantitative estimate of drug-likeness (QED) is 0.854. The van der Waals surface area contributed by atoms with Gasteiger partial charge in [0.25, 0.3) is 0 Å². The number of amides is 1. The first-order chi connectivity index (χ1) is 12.7. The van der Waals surface area contributed by atoms with E-state index < -0.39 is 0 Å². The lowest BCUT2D eigenvalue weighted by Gasteiger charge is -2.23. The highest BCUT2D eigenvalue weighted by Crippen LogP contribution is 2.35. The molecule has 1 aliphatic carbocycles. The Morgan fingerprint density at radius 2 is 1.96 bits per heavy atom. The van der Waals surface area contributed by atoms with Crippen molar-refractivity contribution in [3.63, 3.8) is 0 Å². The fourth-order valence-electron chi connectivity index (χ4n) is 4.15. The van der Waals surface area contributed by atoms with Gasteiger partial charge in [-0.1, -0.05) is 24.3 Å². The molecule has 0 spiro atoms. The van der Waals surface area contributed by atoms with Crippen LogP contribution in [0.4, 0.5) is 5.82 Å². The Kier molecular flexibility index (Phi) is 4.87. The zero-order valence-electron chi connectivity index (χ0n) is 15.4. The third kappa shape index (κ3) is 3.57. The van der Waals surface area contributed by atoms with E-state index in [-0.39, 0.29) is 0 Å². The summed E-state index contributed by atoms with van der Waals surface area (Å²) in [6.07, 6.45) is 3.82. The van der Waals surface area contributed by atoms with Gasteiger partial charge in [0.2, 0.25) is 5.91 Å². The summed E-state index contributed by atoms with van der Waals surface area (Å²) in [6, 6.07) is 12.6. The molecule has 1 amide bonds. The highest BCUT2D eigenvalue weighted by Gasteiger charge is 2.27. The van der Waals surface area contributed by atoms with Gasteiger partial charge in [0.1, 0.15) is 0 Å². The standard InChI is InChI=1S/C21H26N4O/c1-16-7-10-20(23-22-16)24-11-4-12-25(14-13-24)21(26)15-18-9-8-17-5-2-3-6-19(17)18/h2-3,5-7,10,18H,4,8-9,11-15H2,1H3. The molecule has 1 aliphatic heterocycles. The van der Waals surface area contributed by atoms with E-state index in [1.54, 1.807) is 0 Å². The van der Waals surface area contributed by atoms with Crippen molar-refractivity contribution in [3.8, 4) is 0 Å². The molecule has 0 N–H and O–H groups in total. The summed E-state index contributed by atoms with van der Waals surface area (Å²) in [6.45, 7) is 5.30. The van der Waals surface area contributed by atoms with Gasteiger partial charge >= 0.3 is 0 Å². The molecular formula is C21H26N4O. The maximum Gasteiger partial charge on any atom is 0.223 e. The number of hydrogen-bond donors (Lipinski definition) is 0. The predicted molar refractivity (Wildman–Crippen MR) is 102 cm³/mol. The lowest BCUT2D eigenvalue weighted by molar-refractivity contribution is -0.131. The van der Waals surface area contributed by atoms with Crippen molar-refractivity contribution >= 4 is 11.7 Å². The molecule has 1 unspecified atom stereocenters. The second kappa shape index (κ2) is 7.44. The molecule has 0 saturated carbocycles. The summed E-state index contributed by atoms with van der Waals surface area (Å²) in [5.41, 5.74) is 3.73. The summed E-state index contributed by atoms with van der Waals surface area (Å²) >= 11 is 0. The summed E-state index contributed by atoms with van der Waals surface area (Å²) in [7, 11) is 0. The number of carbonyl (C=O) groups excluding carboxylic acids is 1. The second-order valence-electron chi connectivity index (χ2n) is 7.39. The third-order valence-corrected chi connectivity index (χ3v) is 5.63. The van der Waals surface area contributed by atoms with E-state index in [2.05, 4.69) is 39.4 Å². The minimum Gasteiger partial charge on any atom is -0.353 e. The van der Waals surface area contributed by atoms with Crippen LogP contribution in [0.2, 0.25) is 0 Å². The van der Waals surface area contributed by atoms with Crippen molar-refractivity contribution in [3.05, 3.63) is 53.2 Å². The van der Waals surface area contributed by atoms with Crippen molar-refractivity contribution < 1.29 is 4.79 Å². The third-order valence-electron chi connectivity index (χ3n) is 5.63. The smallest absolute Gasteiger partial charge is 0.223 e. The second-order valence-corrected chi connectivity index (χ2v) is 7.39. The molecule has 1 aromatic carbocycles. The van der Waals surface area contributed by atoms with Crippen molar-refractivity contribution in [2.75, 3.05) is 31.1 Å². The first-order valence-electron chi connectivity index (χ1n) is 9.61. The van der Waals surface area contributed by atoms with Crippen LogP contribution >= 0.6 is 0 Å². The number of rotatable bonds is 3. The number of aromatic nitrogens is 2. The van der Waals surface area contributed by atoms with Gasteiger partial charge in [-0.15, -0.1) is 5.10 Å². The lowest BCUT2D eigenvalue weighted by Crippen LogP contribution is -2.36. The number of benzene rings is 1. The van der Waals surface area contributed by atoms with E-state index in [1.165, 1.54) is 11.1 Å². The van der Waals surface area contributed by atoms with Crippen molar-refractivity contribution in [2.24, 2.45) is 0 Å². The van der Waals surface area contributed by atoms with E-state index >= 15 is 0 Å². The predicted octanol–water partition coefficient (Wildman–Crippen LogP) is 2.94. The summed E-state index contributed by atoms with van der Waals surface area (Å²) in [5.74, 6) is 1.60. The Hall–Kier alpha value is -2.43. The van der Waals surface area contributed by atoms with E-state index in [1.807, 2.05) is 24.0 Å². The Bertz CT molecular complexity index is 774. The fourth-order valence-corrected chi connectivity index (χ4v) is 4.15. The molecule has 1 fully saturated rings. The van der Waals surface area contributed by atoms with E-state index in [0.29, 0.717) is 18.2 Å². The molecule has 136 valence electrons. The fraction of sp³-hybridized carbons (Fsp3) is 0.476. The molecule has 2 aliphatic rings. The monoisotopic (exact) mass is 350 g/mol. The molecule has 2 heterocycles. The Morgan fingerprint density at radius 1 is 1.08 bits per heavy atom. The van der Waals surface area contributed by atoms with E-state index in [0.717, 1.165) is 57.0 Å². The van der Waals surface area contributed by atoms with Crippen LogP contribution in [-0.2, 0) is 11.2 Å². The van der Waals surface area contributed by atoms with Gasteiger partial charge in [0.15, 0.2) is 5.82 Å². The first-order valence-corrected chi connectivity index (χ1v) is 9.61. The van der Waals surface area contributed by atoms with Gasteiger partial charge in [0.05, 0.1) is 5.69 Å². The molecule has 1 saturated heterocycles. The first kappa shape index (κ1) is 17.0. The Labute approximate surface area is 155 Å². The zero-order valence-corrected chi connectivity index (χ0v) is 15.4. The molecule has 5 heteroatoms. The molecule has 5 nitrogen and oxygen atoms in total.